The first kappa shape index (κ1) is 15.1. The summed E-state index contributed by atoms with van der Waals surface area (Å²) in [5, 5.41) is 4.52. The van der Waals surface area contributed by atoms with Gasteiger partial charge in [-0.15, -0.1) is 0 Å². The fraction of sp³-hybridized carbons (Fsp3) is 0.571. The maximum Gasteiger partial charge on any atom is 0.165 e. The molecule has 2 heterocycles. The molecule has 5 nitrogen and oxygen atoms in total. The third-order valence-corrected chi connectivity index (χ3v) is 3.95. The highest BCUT2D eigenvalue weighted by Gasteiger charge is 2.16. The van der Waals surface area contributed by atoms with E-state index in [1.165, 1.54) is 4.68 Å². The van der Waals surface area contributed by atoms with Gasteiger partial charge in [0.15, 0.2) is 5.65 Å². The van der Waals surface area contributed by atoms with E-state index in [0.29, 0.717) is 6.04 Å². The van der Waals surface area contributed by atoms with Crippen LogP contribution >= 0.6 is 15.9 Å². The molecule has 2 aromatic heterocycles. The van der Waals surface area contributed by atoms with Crippen molar-refractivity contribution in [2.45, 2.75) is 52.5 Å². The van der Waals surface area contributed by atoms with Gasteiger partial charge in [-0.2, -0.15) is 0 Å². The zero-order valence-corrected chi connectivity index (χ0v) is 13.9. The minimum Gasteiger partial charge on any atom is -0.367 e. The Kier molecular flexibility index (Phi) is 4.86. The van der Waals surface area contributed by atoms with Gasteiger partial charge in [-0.1, -0.05) is 26.7 Å². The minimum absolute atomic E-state index is 0.440. The third-order valence-electron chi connectivity index (χ3n) is 3.35. The van der Waals surface area contributed by atoms with Crippen LogP contribution in [0.4, 0.5) is 5.82 Å². The zero-order valence-electron chi connectivity index (χ0n) is 12.3. The van der Waals surface area contributed by atoms with Crippen LogP contribution in [0, 0.1) is 6.92 Å². The van der Waals surface area contributed by atoms with E-state index in [0.717, 1.165) is 52.8 Å². The molecule has 0 saturated carbocycles. The van der Waals surface area contributed by atoms with Crippen molar-refractivity contribution in [3.05, 3.63) is 16.5 Å². The van der Waals surface area contributed by atoms with Crippen LogP contribution in [0.5, 0.6) is 0 Å². The molecule has 110 valence electrons. The van der Waals surface area contributed by atoms with Gasteiger partial charge in [-0.05, 0) is 35.7 Å². The van der Waals surface area contributed by atoms with Gasteiger partial charge in [0.1, 0.15) is 11.6 Å². The van der Waals surface area contributed by atoms with Gasteiger partial charge in [0.05, 0.1) is 9.86 Å². The number of fused-ring (bicyclic) bond motifs is 1. The maximum absolute atomic E-state index is 5.93. The highest BCUT2D eigenvalue weighted by Crippen LogP contribution is 2.30. The smallest absolute Gasteiger partial charge is 0.165 e. The molecule has 0 spiro atoms. The van der Waals surface area contributed by atoms with E-state index in [4.69, 9.17) is 5.84 Å². The summed E-state index contributed by atoms with van der Waals surface area (Å²) >= 11 is 3.54. The summed E-state index contributed by atoms with van der Waals surface area (Å²) in [5.41, 5.74) is 0.749. The summed E-state index contributed by atoms with van der Waals surface area (Å²) in [6.07, 6.45) is 6.41. The number of aromatic nitrogens is 3. The number of anilines is 1. The van der Waals surface area contributed by atoms with E-state index < -0.39 is 0 Å². The molecule has 0 aliphatic carbocycles. The van der Waals surface area contributed by atoms with Gasteiger partial charge in [0.25, 0.3) is 0 Å². The van der Waals surface area contributed by atoms with Crippen LogP contribution in [0.1, 0.15) is 45.4 Å². The molecule has 0 bridgehead atoms. The highest BCUT2D eigenvalue weighted by atomic mass is 79.9. The van der Waals surface area contributed by atoms with Crippen molar-refractivity contribution in [3.63, 3.8) is 0 Å². The Morgan fingerprint density at radius 2 is 1.95 bits per heavy atom. The first-order valence-corrected chi connectivity index (χ1v) is 7.92. The van der Waals surface area contributed by atoms with Gasteiger partial charge in [-0.25, -0.2) is 9.97 Å². The predicted molar refractivity (Wildman–Crippen MR) is 87.3 cm³/mol. The topological polar surface area (TPSA) is 68.8 Å². The summed E-state index contributed by atoms with van der Waals surface area (Å²) < 4.78 is 2.46. The van der Waals surface area contributed by atoms with Crippen LogP contribution < -0.4 is 11.2 Å². The van der Waals surface area contributed by atoms with Crippen molar-refractivity contribution in [2.75, 3.05) is 11.2 Å². The van der Waals surface area contributed by atoms with Crippen molar-refractivity contribution in [2.24, 2.45) is 0 Å². The van der Waals surface area contributed by atoms with E-state index >= 15 is 0 Å². The second-order valence-electron chi connectivity index (χ2n) is 5.12. The number of nitrogens with two attached hydrogens (primary N) is 1. The maximum atomic E-state index is 5.93. The SMILES string of the molecule is CCCC(CCC)Nc1nc(C)nc2c1c(Br)cn2N. The lowest BCUT2D eigenvalue weighted by Gasteiger charge is -2.19. The molecule has 0 atom stereocenters. The molecule has 2 rings (SSSR count). The van der Waals surface area contributed by atoms with Gasteiger partial charge in [-0.3, -0.25) is 4.68 Å². The molecule has 0 aliphatic rings. The minimum atomic E-state index is 0.440. The molecule has 0 saturated heterocycles. The summed E-state index contributed by atoms with van der Waals surface area (Å²) in [6.45, 7) is 6.30. The Hall–Kier alpha value is -1.30. The molecule has 0 amide bonds. The lowest BCUT2D eigenvalue weighted by atomic mass is 10.1. The number of nitrogens with one attached hydrogen (secondary N) is 1. The quantitative estimate of drug-likeness (QED) is 0.789. The van der Waals surface area contributed by atoms with E-state index in [-0.39, 0.29) is 0 Å². The van der Waals surface area contributed by atoms with Crippen LogP contribution in [0.15, 0.2) is 10.7 Å². The number of rotatable bonds is 6. The molecule has 2 aromatic rings. The molecule has 0 aromatic carbocycles. The Labute approximate surface area is 128 Å². The van der Waals surface area contributed by atoms with Crippen LogP contribution in [0.3, 0.4) is 0 Å². The Morgan fingerprint density at radius 3 is 2.55 bits per heavy atom. The Morgan fingerprint density at radius 1 is 1.30 bits per heavy atom. The van der Waals surface area contributed by atoms with Crippen molar-refractivity contribution in [1.29, 1.82) is 0 Å². The van der Waals surface area contributed by atoms with Crippen LogP contribution in [0.25, 0.3) is 11.0 Å². The lowest BCUT2D eigenvalue weighted by Crippen LogP contribution is -2.20. The fourth-order valence-corrected chi connectivity index (χ4v) is 3.08. The number of nitrogens with zero attached hydrogens (tertiary/aromatic N) is 3. The third kappa shape index (κ3) is 3.06. The van der Waals surface area contributed by atoms with Crippen molar-refractivity contribution in [1.82, 2.24) is 14.6 Å². The van der Waals surface area contributed by atoms with Crippen molar-refractivity contribution < 1.29 is 0 Å². The number of hydrogen-bond acceptors (Lipinski definition) is 4. The second-order valence-corrected chi connectivity index (χ2v) is 5.98. The molecular formula is C14H22BrN5. The second kappa shape index (κ2) is 6.43. The van der Waals surface area contributed by atoms with Gasteiger partial charge < -0.3 is 11.2 Å². The Balaban J connectivity index is 2.42. The van der Waals surface area contributed by atoms with Gasteiger partial charge >= 0.3 is 0 Å². The van der Waals surface area contributed by atoms with E-state index in [9.17, 15) is 0 Å². The summed E-state index contributed by atoms with van der Waals surface area (Å²) in [5.74, 6) is 7.53. The first-order valence-electron chi connectivity index (χ1n) is 7.13. The molecular weight excluding hydrogens is 318 g/mol. The average Bonchev–Trinajstić information content (AvgIpc) is 2.65. The van der Waals surface area contributed by atoms with E-state index in [1.807, 2.05) is 13.1 Å². The number of halogens is 1. The van der Waals surface area contributed by atoms with Gasteiger partial charge in [0, 0.05) is 12.2 Å². The molecule has 20 heavy (non-hydrogen) atoms. The first-order chi connectivity index (χ1) is 9.56. The van der Waals surface area contributed by atoms with Crippen LogP contribution in [-0.2, 0) is 0 Å². The average molecular weight is 340 g/mol. The van der Waals surface area contributed by atoms with Crippen LogP contribution in [0.2, 0.25) is 0 Å². The molecule has 0 aliphatic heterocycles. The number of nitrogen functional groups attached to an aromatic ring is 1. The van der Waals surface area contributed by atoms with Crippen LogP contribution in [-0.4, -0.2) is 20.7 Å². The van der Waals surface area contributed by atoms with E-state index in [1.54, 1.807) is 0 Å². The van der Waals surface area contributed by atoms with Crippen molar-refractivity contribution >= 4 is 32.8 Å². The molecule has 0 radical (unpaired) electrons. The van der Waals surface area contributed by atoms with E-state index in [2.05, 4.69) is 45.1 Å². The molecule has 6 heteroatoms. The summed E-state index contributed by atoms with van der Waals surface area (Å²) in [6, 6.07) is 0.440. The Bertz CT molecular complexity index is 587. The number of hydrogen-bond donors (Lipinski definition) is 2. The highest BCUT2D eigenvalue weighted by molar-refractivity contribution is 9.10. The molecule has 0 fully saturated rings. The predicted octanol–water partition coefficient (Wildman–Crippen LogP) is 3.60. The number of aryl methyl sites for hydroxylation is 1. The molecule has 3 N–H and O–H groups in total. The fourth-order valence-electron chi connectivity index (χ4n) is 2.50. The normalized spacial score (nSPS) is 11.4. The lowest BCUT2D eigenvalue weighted by molar-refractivity contribution is 0.584. The summed E-state index contributed by atoms with van der Waals surface area (Å²) in [7, 11) is 0. The largest absolute Gasteiger partial charge is 0.367 e. The summed E-state index contributed by atoms with van der Waals surface area (Å²) in [4.78, 5) is 8.97. The molecule has 0 unspecified atom stereocenters. The van der Waals surface area contributed by atoms with Gasteiger partial charge in [0.2, 0.25) is 0 Å². The van der Waals surface area contributed by atoms with Crippen molar-refractivity contribution in [3.8, 4) is 0 Å². The monoisotopic (exact) mass is 339 g/mol. The standard InChI is InChI=1S/C14H22BrN5/c1-4-6-10(7-5-2)19-13-12-11(15)8-20(16)14(12)18-9(3)17-13/h8,10H,4-7,16H2,1-3H3,(H,17,18,19). The zero-order chi connectivity index (χ0) is 14.7.